The third-order valence-electron chi connectivity index (χ3n) is 4.73. The molecule has 3 N–H and O–H groups in total. The smallest absolute Gasteiger partial charge is 0.345 e. The molecular weight excluding hydrogens is 382 g/mol. The van der Waals surface area contributed by atoms with Crippen LogP contribution in [0.2, 0.25) is 0 Å². The van der Waals surface area contributed by atoms with E-state index in [0.29, 0.717) is 24.7 Å². The van der Waals surface area contributed by atoms with E-state index in [2.05, 4.69) is 30.9 Å². The number of anilines is 4. The molecule has 3 heterocycles. The molecule has 1 aromatic carbocycles. The maximum Gasteiger partial charge on any atom is 0.345 e. The van der Waals surface area contributed by atoms with Crippen LogP contribution in [0.4, 0.5) is 27.8 Å². The van der Waals surface area contributed by atoms with Crippen molar-refractivity contribution in [1.82, 2.24) is 20.0 Å². The lowest BCUT2D eigenvalue weighted by atomic mass is 10.1. The Labute approximate surface area is 174 Å². The molecule has 1 fully saturated rings. The largest absolute Gasteiger partial charge is 0.373 e. The van der Waals surface area contributed by atoms with Gasteiger partial charge in [0.05, 0.1) is 18.8 Å². The average Bonchev–Trinajstić information content (AvgIpc) is 3.32. The van der Waals surface area contributed by atoms with Crippen molar-refractivity contribution in [2.24, 2.45) is 0 Å². The number of rotatable bonds is 5. The Hall–Kier alpha value is -3.72. The molecule has 9 nitrogen and oxygen atoms in total. The second-order valence-electron chi connectivity index (χ2n) is 6.81. The van der Waals surface area contributed by atoms with Crippen LogP contribution < -0.4 is 16.0 Å². The van der Waals surface area contributed by atoms with E-state index in [9.17, 15) is 4.79 Å². The van der Waals surface area contributed by atoms with Crippen molar-refractivity contribution in [3.05, 3.63) is 54.5 Å². The van der Waals surface area contributed by atoms with Crippen molar-refractivity contribution >= 4 is 29.0 Å². The zero-order chi connectivity index (χ0) is 20.9. The van der Waals surface area contributed by atoms with E-state index in [0.717, 1.165) is 34.7 Å². The molecule has 0 atom stereocenters. The van der Waals surface area contributed by atoms with Crippen molar-refractivity contribution in [2.75, 3.05) is 36.1 Å². The minimum absolute atomic E-state index is 0.276. The van der Waals surface area contributed by atoms with Gasteiger partial charge in [0, 0.05) is 36.2 Å². The van der Waals surface area contributed by atoms with Gasteiger partial charge in [-0.15, -0.1) is 0 Å². The zero-order valence-electron chi connectivity index (χ0n) is 16.8. The highest BCUT2D eigenvalue weighted by molar-refractivity contribution is 5.90. The van der Waals surface area contributed by atoms with Crippen molar-refractivity contribution in [3.63, 3.8) is 0 Å². The number of aryl methyl sites for hydroxylation is 1. The van der Waals surface area contributed by atoms with Gasteiger partial charge in [0.1, 0.15) is 18.0 Å². The molecule has 0 radical (unpaired) electrons. The Kier molecular flexibility index (Phi) is 5.71. The molecule has 1 aliphatic heterocycles. The van der Waals surface area contributed by atoms with Crippen LogP contribution in [0.1, 0.15) is 12.0 Å². The number of hydrogen-bond acceptors (Lipinski definition) is 7. The van der Waals surface area contributed by atoms with E-state index in [-0.39, 0.29) is 6.03 Å². The summed E-state index contributed by atoms with van der Waals surface area (Å²) in [6.07, 6.45) is 4.08. The Morgan fingerprint density at radius 1 is 1.17 bits per heavy atom. The highest BCUT2D eigenvalue weighted by atomic mass is 16.7. The van der Waals surface area contributed by atoms with Crippen LogP contribution in [0, 0.1) is 6.92 Å². The number of carbonyl (C=O) groups excluding carboxylic acids is 1. The summed E-state index contributed by atoms with van der Waals surface area (Å²) < 4.78 is 0. The first-order valence-electron chi connectivity index (χ1n) is 9.68. The third-order valence-corrected chi connectivity index (χ3v) is 4.73. The zero-order valence-corrected chi connectivity index (χ0v) is 16.8. The first kappa shape index (κ1) is 19.6. The lowest BCUT2D eigenvalue weighted by Crippen LogP contribution is -2.31. The van der Waals surface area contributed by atoms with Gasteiger partial charge in [-0.05, 0) is 43.2 Å². The Bertz CT molecular complexity index is 1050. The van der Waals surface area contributed by atoms with E-state index in [1.54, 1.807) is 6.20 Å². The summed E-state index contributed by atoms with van der Waals surface area (Å²) in [5, 5.41) is 10.6. The van der Waals surface area contributed by atoms with Crippen LogP contribution in [0.15, 0.2) is 48.9 Å². The molecule has 154 valence electrons. The summed E-state index contributed by atoms with van der Waals surface area (Å²) >= 11 is 0. The van der Waals surface area contributed by atoms with E-state index in [4.69, 9.17) is 4.84 Å². The van der Waals surface area contributed by atoms with E-state index in [1.165, 1.54) is 11.4 Å². The summed E-state index contributed by atoms with van der Waals surface area (Å²) in [7, 11) is 1.81. The minimum atomic E-state index is -0.276. The minimum Gasteiger partial charge on any atom is -0.373 e. The van der Waals surface area contributed by atoms with E-state index in [1.807, 2.05) is 50.4 Å². The fourth-order valence-corrected chi connectivity index (χ4v) is 3.11. The van der Waals surface area contributed by atoms with Gasteiger partial charge in [-0.2, -0.15) is 0 Å². The van der Waals surface area contributed by atoms with Crippen LogP contribution in [-0.4, -0.2) is 46.2 Å². The standard InChI is InChI=1S/C21H23N7O2/c1-14-6-7-15(26-21(29)28-9-4-10-30-28)11-17(14)27-20-16(5-3-8-23-20)18-12-19(22-2)25-13-24-18/h3,5-8,11-13H,4,9-10H2,1-2H3,(H,23,27)(H,26,29)(H,22,24,25). The van der Waals surface area contributed by atoms with Gasteiger partial charge in [0.15, 0.2) is 0 Å². The van der Waals surface area contributed by atoms with Gasteiger partial charge in [-0.1, -0.05) is 6.07 Å². The van der Waals surface area contributed by atoms with Crippen molar-refractivity contribution in [2.45, 2.75) is 13.3 Å². The number of benzene rings is 1. The molecule has 30 heavy (non-hydrogen) atoms. The summed E-state index contributed by atoms with van der Waals surface area (Å²) in [5.41, 5.74) is 4.10. The van der Waals surface area contributed by atoms with Crippen LogP contribution in [0.3, 0.4) is 0 Å². The Morgan fingerprint density at radius 3 is 2.87 bits per heavy atom. The van der Waals surface area contributed by atoms with E-state index < -0.39 is 0 Å². The average molecular weight is 405 g/mol. The fourth-order valence-electron chi connectivity index (χ4n) is 3.11. The second-order valence-corrected chi connectivity index (χ2v) is 6.81. The highest BCUT2D eigenvalue weighted by Gasteiger charge is 2.19. The monoisotopic (exact) mass is 405 g/mol. The maximum absolute atomic E-state index is 12.3. The Balaban J connectivity index is 1.59. The van der Waals surface area contributed by atoms with Gasteiger partial charge in [0.2, 0.25) is 0 Å². The number of nitrogens with zero attached hydrogens (tertiary/aromatic N) is 4. The number of urea groups is 1. The molecule has 2 amide bonds. The molecule has 9 heteroatoms. The third kappa shape index (κ3) is 4.31. The quantitative estimate of drug-likeness (QED) is 0.593. The molecule has 2 aromatic heterocycles. The molecule has 1 saturated heterocycles. The maximum atomic E-state index is 12.3. The molecule has 3 aromatic rings. The van der Waals surface area contributed by atoms with Crippen LogP contribution in [0.5, 0.6) is 0 Å². The summed E-state index contributed by atoms with van der Waals surface area (Å²) in [6, 6.07) is 11.1. The SMILES string of the molecule is CNc1cc(-c2cccnc2Nc2cc(NC(=O)N3CCCO3)ccc2C)ncn1. The second kappa shape index (κ2) is 8.75. The molecule has 0 saturated carbocycles. The fraction of sp³-hybridized carbons (Fsp3) is 0.238. The van der Waals surface area contributed by atoms with Crippen molar-refractivity contribution in [1.29, 1.82) is 0 Å². The van der Waals surface area contributed by atoms with Gasteiger partial charge >= 0.3 is 6.03 Å². The number of carbonyl (C=O) groups is 1. The number of amides is 2. The number of hydrogen-bond donors (Lipinski definition) is 3. The lowest BCUT2D eigenvalue weighted by molar-refractivity contribution is -0.0614. The molecule has 0 bridgehead atoms. The van der Waals surface area contributed by atoms with Gasteiger partial charge in [-0.3, -0.25) is 4.84 Å². The predicted molar refractivity (Wildman–Crippen MR) is 116 cm³/mol. The van der Waals surface area contributed by atoms with Crippen molar-refractivity contribution < 1.29 is 9.63 Å². The molecule has 0 unspecified atom stereocenters. The summed E-state index contributed by atoms with van der Waals surface area (Å²) in [5.74, 6) is 1.38. The van der Waals surface area contributed by atoms with Gasteiger partial charge in [0.25, 0.3) is 0 Å². The summed E-state index contributed by atoms with van der Waals surface area (Å²) in [6.45, 7) is 3.15. The molecule has 1 aliphatic rings. The first-order chi connectivity index (χ1) is 14.6. The number of pyridine rings is 1. The van der Waals surface area contributed by atoms with Crippen LogP contribution in [-0.2, 0) is 4.84 Å². The molecule has 4 rings (SSSR count). The normalized spacial score (nSPS) is 13.2. The molecular formula is C21H23N7O2. The predicted octanol–water partition coefficient (Wildman–Crippen LogP) is 3.80. The van der Waals surface area contributed by atoms with Crippen LogP contribution in [0.25, 0.3) is 11.3 Å². The highest BCUT2D eigenvalue weighted by Crippen LogP contribution is 2.30. The van der Waals surface area contributed by atoms with Crippen LogP contribution >= 0.6 is 0 Å². The lowest BCUT2D eigenvalue weighted by Gasteiger charge is -2.17. The summed E-state index contributed by atoms with van der Waals surface area (Å²) in [4.78, 5) is 30.6. The van der Waals surface area contributed by atoms with Crippen molar-refractivity contribution in [3.8, 4) is 11.3 Å². The molecule has 0 aliphatic carbocycles. The number of aromatic nitrogens is 3. The Morgan fingerprint density at radius 2 is 2.07 bits per heavy atom. The van der Waals surface area contributed by atoms with Gasteiger partial charge < -0.3 is 16.0 Å². The van der Waals surface area contributed by atoms with Gasteiger partial charge in [-0.25, -0.2) is 24.8 Å². The molecule has 0 spiro atoms. The van der Waals surface area contributed by atoms with E-state index >= 15 is 0 Å². The topological polar surface area (TPSA) is 104 Å². The first-order valence-corrected chi connectivity index (χ1v) is 9.68. The number of nitrogens with one attached hydrogen (secondary N) is 3. The number of hydroxylamine groups is 2.